The molecule has 55 heavy (non-hydrogen) atoms. The van der Waals surface area contributed by atoms with Crippen LogP contribution in [0.2, 0.25) is 0 Å². The van der Waals surface area contributed by atoms with E-state index >= 15 is 0 Å². The van der Waals surface area contributed by atoms with Crippen LogP contribution in [-0.2, 0) is 0 Å². The zero-order chi connectivity index (χ0) is 36.6. The summed E-state index contributed by atoms with van der Waals surface area (Å²) in [5, 5.41) is 7.49. The molecule has 0 aliphatic heterocycles. The van der Waals surface area contributed by atoms with E-state index in [1.54, 1.807) is 0 Å². The second-order valence-electron chi connectivity index (χ2n) is 14.2. The molecule has 10 aromatic carbocycles. The van der Waals surface area contributed by atoms with Crippen molar-refractivity contribution in [1.29, 1.82) is 0 Å². The molecule has 0 unspecified atom stereocenters. The van der Waals surface area contributed by atoms with E-state index in [1.165, 1.54) is 76.8 Å². The van der Waals surface area contributed by atoms with Gasteiger partial charge in [-0.1, -0.05) is 182 Å². The van der Waals surface area contributed by atoms with E-state index in [2.05, 4.69) is 229 Å². The molecule has 0 aliphatic carbocycles. The molecule has 0 bridgehead atoms. The highest BCUT2D eigenvalue weighted by atomic mass is 15.1. The largest absolute Gasteiger partial charge is 0.310 e. The van der Waals surface area contributed by atoms with Gasteiger partial charge in [-0.2, -0.15) is 0 Å². The van der Waals surface area contributed by atoms with E-state index in [4.69, 9.17) is 0 Å². The van der Waals surface area contributed by atoms with Crippen molar-refractivity contribution in [2.24, 2.45) is 0 Å². The molecule has 258 valence electrons. The van der Waals surface area contributed by atoms with Crippen molar-refractivity contribution in [3.63, 3.8) is 0 Å². The molecule has 0 spiro atoms. The maximum atomic E-state index is 2.40. The fraction of sp³-hybridized carbons (Fsp3) is 0. The molecule has 10 aromatic rings. The van der Waals surface area contributed by atoms with Gasteiger partial charge in [0.05, 0.1) is 0 Å². The Kier molecular flexibility index (Phi) is 8.24. The van der Waals surface area contributed by atoms with Crippen molar-refractivity contribution >= 4 is 49.4 Å². The molecule has 0 saturated heterocycles. The third kappa shape index (κ3) is 6.22. The van der Waals surface area contributed by atoms with Gasteiger partial charge >= 0.3 is 0 Å². The average molecular weight is 700 g/mol. The number of anilines is 3. The van der Waals surface area contributed by atoms with Crippen molar-refractivity contribution in [2.45, 2.75) is 0 Å². The molecule has 0 aliphatic rings. The molecule has 0 heterocycles. The Hall–Kier alpha value is -7.22. The lowest BCUT2D eigenvalue weighted by atomic mass is 9.92. The van der Waals surface area contributed by atoms with E-state index in [0.717, 1.165) is 17.1 Å². The number of nitrogens with zero attached hydrogens (tertiary/aromatic N) is 1. The molecular formula is C54H37N. The molecule has 0 N–H and O–H groups in total. The summed E-state index contributed by atoms with van der Waals surface area (Å²) in [6.45, 7) is 0. The third-order valence-corrected chi connectivity index (χ3v) is 10.8. The van der Waals surface area contributed by atoms with Crippen molar-refractivity contribution in [2.75, 3.05) is 4.90 Å². The van der Waals surface area contributed by atoms with Gasteiger partial charge in [0.2, 0.25) is 0 Å². The quantitative estimate of drug-likeness (QED) is 0.150. The fourth-order valence-corrected chi connectivity index (χ4v) is 8.01. The number of hydrogen-bond donors (Lipinski definition) is 0. The summed E-state index contributed by atoms with van der Waals surface area (Å²) < 4.78 is 0. The molecule has 0 amide bonds. The Morgan fingerprint density at radius 1 is 0.218 bits per heavy atom. The topological polar surface area (TPSA) is 3.24 Å². The molecule has 0 aromatic heterocycles. The summed E-state index contributed by atoms with van der Waals surface area (Å²) in [7, 11) is 0. The molecule has 10 rings (SSSR count). The van der Waals surface area contributed by atoms with Crippen LogP contribution in [0.15, 0.2) is 224 Å². The lowest BCUT2D eigenvalue weighted by Gasteiger charge is -2.27. The first-order valence-corrected chi connectivity index (χ1v) is 18.9. The molecule has 1 heteroatoms. The number of rotatable bonds is 7. The molecule has 1 nitrogen and oxygen atoms in total. The smallest absolute Gasteiger partial charge is 0.0468 e. The maximum Gasteiger partial charge on any atom is 0.0468 e. The molecule has 0 atom stereocenters. The normalized spacial score (nSPS) is 11.3. The Labute approximate surface area is 322 Å². The highest BCUT2D eigenvalue weighted by Gasteiger charge is 2.18. The molecule has 0 saturated carbocycles. The second kappa shape index (κ2) is 14.0. The van der Waals surface area contributed by atoms with Gasteiger partial charge in [-0.05, 0) is 119 Å². The van der Waals surface area contributed by atoms with Crippen molar-refractivity contribution < 1.29 is 0 Å². The van der Waals surface area contributed by atoms with Crippen LogP contribution in [0, 0.1) is 0 Å². The third-order valence-electron chi connectivity index (χ3n) is 10.8. The summed E-state index contributed by atoms with van der Waals surface area (Å²) in [4.78, 5) is 2.40. The molecular weight excluding hydrogens is 663 g/mol. The predicted molar refractivity (Wildman–Crippen MR) is 235 cm³/mol. The number of benzene rings is 10. The van der Waals surface area contributed by atoms with E-state index in [9.17, 15) is 0 Å². The van der Waals surface area contributed by atoms with Gasteiger partial charge in [0.1, 0.15) is 0 Å². The van der Waals surface area contributed by atoms with Gasteiger partial charge in [-0.15, -0.1) is 0 Å². The van der Waals surface area contributed by atoms with Crippen LogP contribution in [0.3, 0.4) is 0 Å². The average Bonchev–Trinajstić information content (AvgIpc) is 3.27. The predicted octanol–water partition coefficient (Wildman–Crippen LogP) is 15.3. The first-order chi connectivity index (χ1) is 27.2. The van der Waals surface area contributed by atoms with Crippen LogP contribution < -0.4 is 4.90 Å². The Balaban J connectivity index is 1.13. The minimum atomic E-state index is 1.10. The summed E-state index contributed by atoms with van der Waals surface area (Å²) >= 11 is 0. The second-order valence-corrected chi connectivity index (χ2v) is 14.2. The minimum absolute atomic E-state index is 1.10. The first-order valence-electron chi connectivity index (χ1n) is 18.9. The standard InChI is InChI=1S/C54H37N/c1-3-11-38(12-4-1)40-19-22-44(23-20-40)54-37-50(32-33-52(54)42-14-5-2-6-15-42)55(49-31-34-53-47(36-49)26-24-43-16-9-10-18-51(43)53)48-29-27-41(28-30-48)46-25-21-39-13-7-8-17-45(39)35-46/h1-37H. The lowest BCUT2D eigenvalue weighted by Crippen LogP contribution is -2.10. The van der Waals surface area contributed by atoms with Crippen molar-refractivity contribution in [3.8, 4) is 44.5 Å². The van der Waals surface area contributed by atoms with Crippen molar-refractivity contribution in [3.05, 3.63) is 224 Å². The van der Waals surface area contributed by atoms with Crippen LogP contribution >= 0.6 is 0 Å². The Morgan fingerprint density at radius 2 is 0.691 bits per heavy atom. The van der Waals surface area contributed by atoms with Gasteiger partial charge in [0.25, 0.3) is 0 Å². The van der Waals surface area contributed by atoms with E-state index in [0.29, 0.717) is 0 Å². The van der Waals surface area contributed by atoms with E-state index in [-0.39, 0.29) is 0 Å². The number of fused-ring (bicyclic) bond motifs is 4. The van der Waals surface area contributed by atoms with Gasteiger partial charge in [0.15, 0.2) is 0 Å². The monoisotopic (exact) mass is 699 g/mol. The molecule has 0 radical (unpaired) electrons. The van der Waals surface area contributed by atoms with Gasteiger partial charge in [0, 0.05) is 17.1 Å². The van der Waals surface area contributed by atoms with E-state index in [1.807, 2.05) is 0 Å². The minimum Gasteiger partial charge on any atom is -0.310 e. The van der Waals surface area contributed by atoms with Gasteiger partial charge < -0.3 is 4.90 Å². The lowest BCUT2D eigenvalue weighted by molar-refractivity contribution is 1.29. The highest BCUT2D eigenvalue weighted by Crippen LogP contribution is 2.43. The Morgan fingerprint density at radius 3 is 1.47 bits per heavy atom. The highest BCUT2D eigenvalue weighted by molar-refractivity contribution is 6.08. The van der Waals surface area contributed by atoms with Crippen LogP contribution in [0.4, 0.5) is 17.1 Å². The summed E-state index contributed by atoms with van der Waals surface area (Å²) in [6, 6.07) is 81.5. The maximum absolute atomic E-state index is 2.40. The van der Waals surface area contributed by atoms with Crippen LogP contribution in [0.1, 0.15) is 0 Å². The van der Waals surface area contributed by atoms with E-state index < -0.39 is 0 Å². The summed E-state index contributed by atoms with van der Waals surface area (Å²) in [6.07, 6.45) is 0. The Bertz CT molecular complexity index is 2950. The fourth-order valence-electron chi connectivity index (χ4n) is 8.01. The summed E-state index contributed by atoms with van der Waals surface area (Å²) in [5.74, 6) is 0. The SMILES string of the molecule is c1ccc(-c2ccc(-c3cc(N(c4ccc(-c5ccc6ccccc6c5)cc4)c4ccc5c(ccc6ccccc65)c4)ccc3-c3ccccc3)cc2)cc1. The van der Waals surface area contributed by atoms with Crippen LogP contribution in [0.5, 0.6) is 0 Å². The van der Waals surface area contributed by atoms with Crippen LogP contribution in [-0.4, -0.2) is 0 Å². The molecule has 0 fully saturated rings. The first kappa shape index (κ1) is 32.4. The van der Waals surface area contributed by atoms with Gasteiger partial charge in [-0.25, -0.2) is 0 Å². The van der Waals surface area contributed by atoms with Crippen LogP contribution in [0.25, 0.3) is 76.8 Å². The zero-order valence-corrected chi connectivity index (χ0v) is 30.3. The number of hydrogen-bond acceptors (Lipinski definition) is 1. The van der Waals surface area contributed by atoms with Crippen molar-refractivity contribution in [1.82, 2.24) is 0 Å². The zero-order valence-electron chi connectivity index (χ0n) is 30.3. The van der Waals surface area contributed by atoms with Gasteiger partial charge in [-0.3, -0.25) is 0 Å². The summed E-state index contributed by atoms with van der Waals surface area (Å²) in [5.41, 5.74) is 12.9.